The quantitative estimate of drug-likeness (QED) is 0.464. The number of amides is 2. The van der Waals surface area contributed by atoms with E-state index < -0.39 is 0 Å². The zero-order valence-electron chi connectivity index (χ0n) is 16.9. The van der Waals surface area contributed by atoms with Crippen molar-refractivity contribution in [1.82, 2.24) is 20.4 Å². The number of halogens is 2. The molecular formula is C22H22ClFN4O3. The maximum absolute atomic E-state index is 13.1. The second-order valence-electron chi connectivity index (χ2n) is 6.95. The van der Waals surface area contributed by atoms with Crippen molar-refractivity contribution < 1.29 is 19.1 Å². The summed E-state index contributed by atoms with van der Waals surface area (Å²) in [4.78, 5) is 24.6. The lowest BCUT2D eigenvalue weighted by molar-refractivity contribution is 0.0951. The Bertz CT molecular complexity index is 1080. The fourth-order valence-electron chi connectivity index (χ4n) is 3.01. The number of rotatable bonds is 8. The molecule has 2 amide bonds. The fourth-order valence-corrected chi connectivity index (χ4v) is 3.33. The highest BCUT2D eigenvalue weighted by Crippen LogP contribution is 2.21. The van der Waals surface area contributed by atoms with E-state index in [0.29, 0.717) is 37.3 Å². The van der Waals surface area contributed by atoms with Crippen LogP contribution < -0.4 is 10.6 Å². The minimum Gasteiger partial charge on any atom is -0.508 e. The summed E-state index contributed by atoms with van der Waals surface area (Å²) in [5.74, 6) is -0.966. The molecule has 1 aromatic heterocycles. The summed E-state index contributed by atoms with van der Waals surface area (Å²) in [5.41, 5.74) is 1.94. The normalized spacial score (nSPS) is 10.7. The zero-order chi connectivity index (χ0) is 22.4. The van der Waals surface area contributed by atoms with E-state index in [1.807, 2.05) is 0 Å². The first-order chi connectivity index (χ1) is 14.8. The predicted octanol–water partition coefficient (Wildman–Crippen LogP) is 3.29. The van der Waals surface area contributed by atoms with Crippen LogP contribution in [-0.4, -0.2) is 39.8 Å². The van der Waals surface area contributed by atoms with E-state index in [9.17, 15) is 19.1 Å². The summed E-state index contributed by atoms with van der Waals surface area (Å²) in [5, 5.41) is 19.4. The van der Waals surface area contributed by atoms with E-state index in [-0.39, 0.29) is 34.1 Å². The SMILES string of the molecule is Cc1nn(Cc2ccc(F)cc2)c(Cl)c1C(=O)NCCCNC(=O)c1cccc(O)c1. The van der Waals surface area contributed by atoms with E-state index in [1.165, 1.54) is 28.9 Å². The van der Waals surface area contributed by atoms with E-state index in [1.54, 1.807) is 31.2 Å². The number of hydrogen-bond donors (Lipinski definition) is 3. The van der Waals surface area contributed by atoms with Gasteiger partial charge in [0.05, 0.1) is 17.8 Å². The first-order valence-electron chi connectivity index (χ1n) is 9.68. The van der Waals surface area contributed by atoms with E-state index >= 15 is 0 Å². The lowest BCUT2D eigenvalue weighted by atomic mass is 10.2. The van der Waals surface area contributed by atoms with Crippen LogP contribution in [0.2, 0.25) is 5.15 Å². The average molecular weight is 445 g/mol. The smallest absolute Gasteiger partial charge is 0.256 e. The Morgan fingerprint density at radius 2 is 1.77 bits per heavy atom. The Hall–Kier alpha value is -3.39. The molecule has 0 bridgehead atoms. The highest BCUT2D eigenvalue weighted by Gasteiger charge is 2.20. The first kappa shape index (κ1) is 22.3. The van der Waals surface area contributed by atoms with Crippen molar-refractivity contribution in [2.24, 2.45) is 0 Å². The van der Waals surface area contributed by atoms with E-state index in [0.717, 1.165) is 5.56 Å². The van der Waals surface area contributed by atoms with Crippen LogP contribution in [0.5, 0.6) is 5.75 Å². The van der Waals surface area contributed by atoms with Crippen molar-refractivity contribution in [3.63, 3.8) is 0 Å². The van der Waals surface area contributed by atoms with Crippen molar-refractivity contribution in [3.8, 4) is 5.75 Å². The van der Waals surface area contributed by atoms with Gasteiger partial charge in [-0.25, -0.2) is 9.07 Å². The number of benzene rings is 2. The number of aromatic nitrogens is 2. The van der Waals surface area contributed by atoms with Crippen molar-refractivity contribution >= 4 is 23.4 Å². The topological polar surface area (TPSA) is 96.3 Å². The average Bonchev–Trinajstić information content (AvgIpc) is 3.02. The lowest BCUT2D eigenvalue weighted by Gasteiger charge is -2.08. The molecule has 3 rings (SSSR count). The van der Waals surface area contributed by atoms with Crippen LogP contribution in [0.3, 0.4) is 0 Å². The summed E-state index contributed by atoms with van der Waals surface area (Å²) >= 11 is 6.36. The van der Waals surface area contributed by atoms with Gasteiger partial charge in [0.1, 0.15) is 16.7 Å². The largest absolute Gasteiger partial charge is 0.508 e. The summed E-state index contributed by atoms with van der Waals surface area (Å²) in [7, 11) is 0. The molecule has 0 aliphatic heterocycles. The Kier molecular flexibility index (Phi) is 7.25. The zero-order valence-corrected chi connectivity index (χ0v) is 17.6. The third-order valence-electron chi connectivity index (χ3n) is 4.57. The van der Waals surface area contributed by atoms with Gasteiger partial charge in [-0.1, -0.05) is 29.8 Å². The van der Waals surface area contributed by atoms with Gasteiger partial charge in [-0.15, -0.1) is 0 Å². The third-order valence-corrected chi connectivity index (χ3v) is 4.96. The van der Waals surface area contributed by atoms with Crippen LogP contribution in [0.4, 0.5) is 4.39 Å². The Morgan fingerprint density at radius 3 is 2.45 bits per heavy atom. The van der Waals surface area contributed by atoms with Gasteiger partial charge in [0.15, 0.2) is 0 Å². The number of carbonyl (C=O) groups excluding carboxylic acids is 2. The minimum atomic E-state index is -0.354. The number of hydrogen-bond acceptors (Lipinski definition) is 4. The summed E-state index contributed by atoms with van der Waals surface area (Å²) < 4.78 is 14.6. The van der Waals surface area contributed by atoms with Gasteiger partial charge >= 0.3 is 0 Å². The van der Waals surface area contributed by atoms with Crippen molar-refractivity contribution in [1.29, 1.82) is 0 Å². The molecule has 3 N–H and O–H groups in total. The predicted molar refractivity (Wildman–Crippen MR) is 115 cm³/mol. The molecular weight excluding hydrogens is 423 g/mol. The van der Waals surface area contributed by atoms with Gasteiger partial charge in [0.25, 0.3) is 11.8 Å². The third kappa shape index (κ3) is 5.82. The van der Waals surface area contributed by atoms with Crippen LogP contribution in [-0.2, 0) is 6.54 Å². The second kappa shape index (κ2) is 10.1. The van der Waals surface area contributed by atoms with Gasteiger partial charge in [-0.3, -0.25) is 9.59 Å². The maximum atomic E-state index is 13.1. The molecule has 0 unspecified atom stereocenters. The summed E-state index contributed by atoms with van der Waals surface area (Å²) in [6.45, 7) is 2.69. The number of phenols is 1. The number of nitrogens with zero attached hydrogens (tertiary/aromatic N) is 2. The van der Waals surface area contributed by atoms with Crippen LogP contribution >= 0.6 is 11.6 Å². The number of nitrogens with one attached hydrogen (secondary N) is 2. The highest BCUT2D eigenvalue weighted by molar-refractivity contribution is 6.33. The monoisotopic (exact) mass is 444 g/mol. The van der Waals surface area contributed by atoms with E-state index in [4.69, 9.17) is 11.6 Å². The van der Waals surface area contributed by atoms with Crippen LogP contribution in [0.15, 0.2) is 48.5 Å². The molecule has 0 aliphatic rings. The molecule has 7 nitrogen and oxygen atoms in total. The van der Waals surface area contributed by atoms with Crippen LogP contribution in [0, 0.1) is 12.7 Å². The van der Waals surface area contributed by atoms with Gasteiger partial charge in [-0.05, 0) is 49.2 Å². The molecule has 0 saturated carbocycles. The van der Waals surface area contributed by atoms with Crippen molar-refractivity contribution in [2.75, 3.05) is 13.1 Å². The van der Waals surface area contributed by atoms with Gasteiger partial charge in [0.2, 0.25) is 0 Å². The van der Waals surface area contributed by atoms with E-state index in [2.05, 4.69) is 15.7 Å². The molecule has 0 saturated heterocycles. The summed E-state index contributed by atoms with van der Waals surface area (Å²) in [6.07, 6.45) is 0.511. The fraction of sp³-hybridized carbons (Fsp3) is 0.227. The molecule has 1 heterocycles. The molecule has 0 spiro atoms. The second-order valence-corrected chi connectivity index (χ2v) is 7.31. The Morgan fingerprint density at radius 1 is 1.10 bits per heavy atom. The standard InChI is InChI=1S/C22H22ClFN4O3/c1-14-19(20(23)28(27-14)13-15-6-8-17(24)9-7-15)22(31)26-11-3-10-25-21(30)16-4-2-5-18(29)12-16/h2,4-9,12,29H,3,10-11,13H2,1H3,(H,25,30)(H,26,31). The number of aryl methyl sites for hydroxylation is 1. The number of phenolic OH excluding ortho intramolecular Hbond substituents is 1. The van der Waals surface area contributed by atoms with Crippen molar-refractivity contribution in [2.45, 2.75) is 19.9 Å². The molecule has 0 radical (unpaired) electrons. The van der Waals surface area contributed by atoms with Crippen molar-refractivity contribution in [3.05, 3.63) is 81.9 Å². The summed E-state index contributed by atoms with van der Waals surface area (Å²) in [6, 6.07) is 12.0. The Balaban J connectivity index is 1.49. The van der Waals surface area contributed by atoms with Crippen LogP contribution in [0.1, 0.15) is 38.4 Å². The molecule has 0 atom stereocenters. The van der Waals surface area contributed by atoms with Gasteiger partial charge < -0.3 is 15.7 Å². The lowest BCUT2D eigenvalue weighted by Crippen LogP contribution is -2.30. The first-order valence-corrected chi connectivity index (χ1v) is 10.1. The minimum absolute atomic E-state index is 0.0205. The molecule has 3 aromatic rings. The highest BCUT2D eigenvalue weighted by atomic mass is 35.5. The molecule has 2 aromatic carbocycles. The van der Waals surface area contributed by atoms with Gasteiger partial charge in [0, 0.05) is 18.7 Å². The number of aromatic hydroxyl groups is 1. The van der Waals surface area contributed by atoms with Crippen LogP contribution in [0.25, 0.3) is 0 Å². The maximum Gasteiger partial charge on any atom is 0.256 e. The molecule has 31 heavy (non-hydrogen) atoms. The Labute approximate surface area is 183 Å². The molecule has 0 aliphatic carbocycles. The molecule has 0 fully saturated rings. The number of carbonyl (C=O) groups is 2. The molecule has 162 valence electrons. The van der Waals surface area contributed by atoms with Gasteiger partial charge in [-0.2, -0.15) is 5.10 Å². The molecule has 9 heteroatoms.